The van der Waals surface area contributed by atoms with E-state index in [1.165, 1.54) is 11.1 Å². The summed E-state index contributed by atoms with van der Waals surface area (Å²) in [5, 5.41) is 19.6. The minimum Gasteiger partial charge on any atom is -0.392 e. The Hall–Kier alpha value is -1.68. The molecule has 2 atom stereocenters. The molecule has 0 bridgehead atoms. The monoisotopic (exact) mass is 297 g/mol. The zero-order valence-corrected chi connectivity index (χ0v) is 12.7. The molecule has 0 spiro atoms. The number of rotatable bonds is 4. The lowest BCUT2D eigenvalue weighted by Crippen LogP contribution is -2.42. The Kier molecular flexibility index (Phi) is 4.88. The van der Waals surface area contributed by atoms with Crippen LogP contribution in [0.1, 0.15) is 29.0 Å². The highest BCUT2D eigenvalue weighted by molar-refractivity contribution is 5.26. The summed E-state index contributed by atoms with van der Waals surface area (Å²) in [7, 11) is 0. The van der Waals surface area contributed by atoms with Gasteiger partial charge in [0.2, 0.25) is 0 Å². The minimum absolute atomic E-state index is 0.0678. The summed E-state index contributed by atoms with van der Waals surface area (Å²) in [6.07, 6.45) is 0.629. The molecule has 1 saturated heterocycles. The Morgan fingerprint density at radius 3 is 2.32 bits per heavy atom. The first-order valence-electron chi connectivity index (χ1n) is 7.90. The van der Waals surface area contributed by atoms with Crippen molar-refractivity contribution in [3.63, 3.8) is 0 Å². The quantitative estimate of drug-likeness (QED) is 0.911. The molecule has 0 aliphatic carbocycles. The highest BCUT2D eigenvalue weighted by Crippen LogP contribution is 2.29. The van der Waals surface area contributed by atoms with E-state index in [1.54, 1.807) is 0 Å². The first-order chi connectivity index (χ1) is 10.8. The number of likely N-dealkylation sites (tertiary alicyclic amines) is 1. The van der Waals surface area contributed by atoms with Crippen LogP contribution in [-0.4, -0.2) is 34.3 Å². The molecule has 2 unspecified atom stereocenters. The molecule has 0 radical (unpaired) electrons. The molecule has 1 aliphatic heterocycles. The van der Waals surface area contributed by atoms with Crippen LogP contribution in [0.3, 0.4) is 0 Å². The molecule has 2 aromatic carbocycles. The smallest absolute Gasteiger partial charge is 0.0736 e. The van der Waals surface area contributed by atoms with Gasteiger partial charge in [0.05, 0.1) is 12.7 Å². The Labute approximate surface area is 131 Å². The second-order valence-corrected chi connectivity index (χ2v) is 6.08. The molecule has 0 amide bonds. The number of β-amino-alcohol motifs (C(OH)–C–C–N with tert-alkyl or cyclic N) is 1. The summed E-state index contributed by atoms with van der Waals surface area (Å²) in [5.74, 6) is 0.194. The lowest BCUT2D eigenvalue weighted by molar-refractivity contribution is 0.0477. The van der Waals surface area contributed by atoms with E-state index in [9.17, 15) is 5.11 Å². The largest absolute Gasteiger partial charge is 0.392 e. The van der Waals surface area contributed by atoms with Crippen molar-refractivity contribution in [1.82, 2.24) is 4.90 Å². The third kappa shape index (κ3) is 3.55. The van der Waals surface area contributed by atoms with E-state index < -0.39 is 0 Å². The maximum atomic E-state index is 10.5. The van der Waals surface area contributed by atoms with Gasteiger partial charge in [0.25, 0.3) is 0 Å². The van der Waals surface area contributed by atoms with Crippen molar-refractivity contribution >= 4 is 0 Å². The van der Waals surface area contributed by atoms with Crippen molar-refractivity contribution < 1.29 is 10.2 Å². The maximum Gasteiger partial charge on any atom is 0.0736 e. The molecule has 22 heavy (non-hydrogen) atoms. The number of nitrogens with zero attached hydrogens (tertiary/aromatic N) is 1. The molecule has 0 saturated carbocycles. The summed E-state index contributed by atoms with van der Waals surface area (Å²) in [5.41, 5.74) is 3.38. The van der Waals surface area contributed by atoms with Crippen LogP contribution in [0, 0.1) is 0 Å². The molecule has 0 aromatic heterocycles. The van der Waals surface area contributed by atoms with Gasteiger partial charge < -0.3 is 10.2 Å². The van der Waals surface area contributed by atoms with Crippen LogP contribution in [0.2, 0.25) is 0 Å². The Bertz CT molecular complexity index is 582. The van der Waals surface area contributed by atoms with Crippen LogP contribution >= 0.6 is 0 Å². The van der Waals surface area contributed by atoms with Gasteiger partial charge in [-0.05, 0) is 29.7 Å². The zero-order valence-electron chi connectivity index (χ0n) is 12.7. The maximum absolute atomic E-state index is 10.5. The van der Waals surface area contributed by atoms with Gasteiger partial charge in [-0.1, -0.05) is 54.6 Å². The average Bonchev–Trinajstić information content (AvgIpc) is 2.56. The van der Waals surface area contributed by atoms with E-state index in [4.69, 9.17) is 5.11 Å². The van der Waals surface area contributed by atoms with E-state index >= 15 is 0 Å². The first-order valence-corrected chi connectivity index (χ1v) is 7.90. The number of piperidine rings is 1. The Morgan fingerprint density at radius 1 is 0.955 bits per heavy atom. The van der Waals surface area contributed by atoms with Crippen molar-refractivity contribution in [3.8, 4) is 0 Å². The average molecular weight is 297 g/mol. The molecular formula is C19H23NO2. The van der Waals surface area contributed by atoms with Gasteiger partial charge in [-0.25, -0.2) is 0 Å². The minimum atomic E-state index is -0.336. The van der Waals surface area contributed by atoms with Crippen molar-refractivity contribution in [2.24, 2.45) is 0 Å². The summed E-state index contributed by atoms with van der Waals surface area (Å²) in [6, 6.07) is 18.4. The van der Waals surface area contributed by atoms with Crippen LogP contribution in [0.5, 0.6) is 0 Å². The lowest BCUT2D eigenvalue weighted by Gasteiger charge is -2.36. The first kappa shape index (κ1) is 15.2. The molecule has 3 rings (SSSR count). The van der Waals surface area contributed by atoms with Crippen LogP contribution in [0.15, 0.2) is 54.6 Å². The lowest BCUT2D eigenvalue weighted by atomic mass is 9.86. The standard InChI is InChI=1S/C19H23NO2/c21-14-16-6-8-17(9-7-16)18-10-11-20(13-19(18)22)12-15-4-2-1-3-5-15/h1-9,18-19,21-22H,10-14H2. The van der Waals surface area contributed by atoms with Crippen LogP contribution in [-0.2, 0) is 13.2 Å². The van der Waals surface area contributed by atoms with Gasteiger partial charge in [0.1, 0.15) is 0 Å². The number of aliphatic hydroxyl groups is 2. The molecule has 2 N–H and O–H groups in total. The molecule has 3 heteroatoms. The van der Waals surface area contributed by atoms with Crippen molar-refractivity contribution in [3.05, 3.63) is 71.3 Å². The van der Waals surface area contributed by atoms with E-state index in [0.29, 0.717) is 6.54 Å². The summed E-state index contributed by atoms with van der Waals surface area (Å²) >= 11 is 0. The highest BCUT2D eigenvalue weighted by atomic mass is 16.3. The SMILES string of the molecule is OCc1ccc(C2CCN(Cc3ccccc3)CC2O)cc1. The topological polar surface area (TPSA) is 43.7 Å². The van der Waals surface area contributed by atoms with Crippen LogP contribution in [0.4, 0.5) is 0 Å². The molecule has 1 fully saturated rings. The van der Waals surface area contributed by atoms with Gasteiger partial charge in [-0.3, -0.25) is 4.90 Å². The number of hydrogen-bond donors (Lipinski definition) is 2. The second kappa shape index (κ2) is 7.05. The second-order valence-electron chi connectivity index (χ2n) is 6.08. The van der Waals surface area contributed by atoms with Crippen molar-refractivity contribution in [2.75, 3.05) is 13.1 Å². The third-order valence-corrected chi connectivity index (χ3v) is 4.51. The fourth-order valence-corrected chi connectivity index (χ4v) is 3.24. The Balaban J connectivity index is 1.62. The summed E-state index contributed by atoms with van der Waals surface area (Å²) in [6.45, 7) is 2.67. The van der Waals surface area contributed by atoms with Gasteiger partial charge in [0, 0.05) is 19.0 Å². The zero-order chi connectivity index (χ0) is 15.4. The van der Waals surface area contributed by atoms with E-state index in [-0.39, 0.29) is 18.6 Å². The highest BCUT2D eigenvalue weighted by Gasteiger charge is 2.28. The Morgan fingerprint density at radius 2 is 1.68 bits per heavy atom. The molecule has 1 aliphatic rings. The third-order valence-electron chi connectivity index (χ3n) is 4.51. The predicted molar refractivity (Wildman–Crippen MR) is 87.4 cm³/mol. The van der Waals surface area contributed by atoms with E-state index in [1.807, 2.05) is 30.3 Å². The fraction of sp³-hybridized carbons (Fsp3) is 0.368. The normalized spacial score (nSPS) is 22.6. The number of hydrogen-bond acceptors (Lipinski definition) is 3. The predicted octanol–water partition coefficient (Wildman–Crippen LogP) is 2.53. The molecule has 2 aromatic rings. The molecule has 3 nitrogen and oxygen atoms in total. The summed E-state index contributed by atoms with van der Waals surface area (Å²) in [4.78, 5) is 2.32. The van der Waals surface area contributed by atoms with Gasteiger partial charge >= 0.3 is 0 Å². The van der Waals surface area contributed by atoms with Crippen molar-refractivity contribution in [1.29, 1.82) is 0 Å². The molecule has 1 heterocycles. The van der Waals surface area contributed by atoms with Gasteiger partial charge in [-0.2, -0.15) is 0 Å². The number of aliphatic hydroxyl groups excluding tert-OH is 2. The number of benzene rings is 2. The van der Waals surface area contributed by atoms with Crippen molar-refractivity contribution in [2.45, 2.75) is 31.6 Å². The van der Waals surface area contributed by atoms with Crippen LogP contribution < -0.4 is 0 Å². The van der Waals surface area contributed by atoms with Gasteiger partial charge in [-0.15, -0.1) is 0 Å². The fourth-order valence-electron chi connectivity index (χ4n) is 3.24. The van der Waals surface area contributed by atoms with E-state index in [2.05, 4.69) is 29.2 Å². The van der Waals surface area contributed by atoms with Crippen LogP contribution in [0.25, 0.3) is 0 Å². The molecular weight excluding hydrogens is 274 g/mol. The molecule has 116 valence electrons. The van der Waals surface area contributed by atoms with Gasteiger partial charge in [0.15, 0.2) is 0 Å². The summed E-state index contributed by atoms with van der Waals surface area (Å²) < 4.78 is 0. The van der Waals surface area contributed by atoms with E-state index in [0.717, 1.165) is 25.1 Å².